The van der Waals surface area contributed by atoms with Crippen LogP contribution in [-0.4, -0.2) is 54.6 Å². The van der Waals surface area contributed by atoms with Crippen LogP contribution in [-0.2, 0) is 24.8 Å². The molecule has 0 unspecified atom stereocenters. The Kier molecular flexibility index (Phi) is 9.08. The number of ether oxygens (including phenoxy) is 1. The van der Waals surface area contributed by atoms with Gasteiger partial charge >= 0.3 is 0 Å². The quantitative estimate of drug-likeness (QED) is 0.525. The van der Waals surface area contributed by atoms with Gasteiger partial charge in [0.2, 0.25) is 20.0 Å². The summed E-state index contributed by atoms with van der Waals surface area (Å²) in [6, 6.07) is 0. The summed E-state index contributed by atoms with van der Waals surface area (Å²) in [6.07, 6.45) is 0. The molecule has 0 atom stereocenters. The van der Waals surface area contributed by atoms with Gasteiger partial charge in [0.15, 0.2) is 0 Å². The monoisotopic (exact) mass is 358 g/mol. The molecule has 0 saturated carbocycles. The van der Waals surface area contributed by atoms with Crippen LogP contribution in [0.5, 0.6) is 0 Å². The Balaban J connectivity index is 3.93. The summed E-state index contributed by atoms with van der Waals surface area (Å²) in [4.78, 5) is 0. The Morgan fingerprint density at radius 2 is 1.36 bits per heavy atom. The van der Waals surface area contributed by atoms with E-state index >= 15 is 0 Å². The molecule has 2 N–H and O–H groups in total. The van der Waals surface area contributed by atoms with E-state index in [1.807, 2.05) is 34.6 Å². The molecule has 22 heavy (non-hydrogen) atoms. The van der Waals surface area contributed by atoms with Gasteiger partial charge in [0, 0.05) is 13.1 Å². The molecule has 0 aliphatic rings. The second kappa shape index (κ2) is 9.17. The van der Waals surface area contributed by atoms with Gasteiger partial charge in [-0.25, -0.2) is 26.3 Å². The van der Waals surface area contributed by atoms with Crippen molar-refractivity contribution in [3.05, 3.63) is 0 Å². The first-order valence-corrected chi connectivity index (χ1v) is 10.7. The first kappa shape index (κ1) is 21.8. The second-order valence-electron chi connectivity index (χ2n) is 6.87. The summed E-state index contributed by atoms with van der Waals surface area (Å²) < 4.78 is 56.6. The van der Waals surface area contributed by atoms with Crippen molar-refractivity contribution >= 4 is 20.0 Å². The minimum atomic E-state index is -3.39. The van der Waals surface area contributed by atoms with E-state index in [0.717, 1.165) is 0 Å². The summed E-state index contributed by atoms with van der Waals surface area (Å²) in [5.41, 5.74) is -0.135. The van der Waals surface area contributed by atoms with Gasteiger partial charge in [-0.15, -0.1) is 0 Å². The molecule has 0 aromatic rings. The molecular weight excluding hydrogens is 328 g/mol. The lowest BCUT2D eigenvalue weighted by atomic mass is 9.98. The third kappa shape index (κ3) is 13.4. The average Bonchev–Trinajstić information content (AvgIpc) is 2.33. The largest absolute Gasteiger partial charge is 0.379 e. The fourth-order valence-electron chi connectivity index (χ4n) is 1.20. The van der Waals surface area contributed by atoms with E-state index in [1.165, 1.54) is 0 Å². The van der Waals surface area contributed by atoms with Gasteiger partial charge in [0.25, 0.3) is 0 Å². The highest BCUT2D eigenvalue weighted by Crippen LogP contribution is 2.10. The van der Waals surface area contributed by atoms with Crippen LogP contribution in [0, 0.1) is 11.3 Å². The van der Waals surface area contributed by atoms with E-state index in [1.54, 1.807) is 0 Å². The summed E-state index contributed by atoms with van der Waals surface area (Å²) in [5.74, 6) is -0.118. The molecular formula is C13H30N2O5S2. The minimum absolute atomic E-state index is 0.0256. The van der Waals surface area contributed by atoms with E-state index in [2.05, 4.69) is 9.44 Å². The molecule has 134 valence electrons. The van der Waals surface area contributed by atoms with Crippen molar-refractivity contribution in [2.45, 2.75) is 34.6 Å². The van der Waals surface area contributed by atoms with Crippen LogP contribution in [0.15, 0.2) is 0 Å². The third-order valence-electron chi connectivity index (χ3n) is 2.53. The Hall–Kier alpha value is -0.220. The fraction of sp³-hybridized carbons (Fsp3) is 1.00. The number of nitrogens with one attached hydrogen (secondary N) is 2. The zero-order valence-corrected chi connectivity index (χ0v) is 15.8. The van der Waals surface area contributed by atoms with Crippen LogP contribution in [0.1, 0.15) is 34.6 Å². The molecule has 0 aromatic heterocycles. The van der Waals surface area contributed by atoms with E-state index in [9.17, 15) is 16.8 Å². The Labute approximate surface area is 135 Å². The maximum absolute atomic E-state index is 11.7. The van der Waals surface area contributed by atoms with Crippen molar-refractivity contribution in [2.24, 2.45) is 11.3 Å². The molecule has 0 radical (unpaired) electrons. The molecule has 0 heterocycles. The van der Waals surface area contributed by atoms with Crippen molar-refractivity contribution in [3.8, 4) is 0 Å². The van der Waals surface area contributed by atoms with E-state index in [-0.39, 0.29) is 36.1 Å². The van der Waals surface area contributed by atoms with Crippen LogP contribution in [0.4, 0.5) is 0 Å². The summed E-state index contributed by atoms with van der Waals surface area (Å²) >= 11 is 0. The van der Waals surface area contributed by atoms with Gasteiger partial charge in [0.1, 0.15) is 0 Å². The zero-order chi connectivity index (χ0) is 17.4. The minimum Gasteiger partial charge on any atom is -0.379 e. The molecule has 0 amide bonds. The number of sulfonamides is 2. The standard InChI is InChI=1S/C13H30N2O5S2/c1-12(2)10-14-21(16,17)8-6-20-7-9-22(18,19)15-11-13(3,4)5/h12,14-15H,6-11H2,1-5H3. The Bertz CT molecular complexity index is 507. The summed E-state index contributed by atoms with van der Waals surface area (Å²) in [5, 5.41) is 0. The van der Waals surface area contributed by atoms with Crippen LogP contribution < -0.4 is 9.44 Å². The van der Waals surface area contributed by atoms with Crippen molar-refractivity contribution in [1.82, 2.24) is 9.44 Å². The molecule has 7 nitrogen and oxygen atoms in total. The lowest BCUT2D eigenvalue weighted by Crippen LogP contribution is -2.35. The molecule has 0 aliphatic heterocycles. The maximum atomic E-state index is 11.7. The SMILES string of the molecule is CC(C)CNS(=O)(=O)CCOCCS(=O)(=O)NCC(C)(C)C. The molecule has 0 spiro atoms. The van der Waals surface area contributed by atoms with Gasteiger partial charge in [-0.2, -0.15) is 0 Å². The van der Waals surface area contributed by atoms with Crippen molar-refractivity contribution in [1.29, 1.82) is 0 Å². The lowest BCUT2D eigenvalue weighted by Gasteiger charge is -2.18. The lowest BCUT2D eigenvalue weighted by molar-refractivity contribution is 0.164. The number of rotatable bonds is 11. The van der Waals surface area contributed by atoms with Gasteiger partial charge in [0.05, 0.1) is 24.7 Å². The maximum Gasteiger partial charge on any atom is 0.213 e. The third-order valence-corrected chi connectivity index (χ3v) is 5.13. The van der Waals surface area contributed by atoms with Crippen LogP contribution in [0.25, 0.3) is 0 Å². The Morgan fingerprint density at radius 1 is 0.909 bits per heavy atom. The van der Waals surface area contributed by atoms with Gasteiger partial charge in [-0.1, -0.05) is 34.6 Å². The molecule has 0 bridgehead atoms. The molecule has 0 saturated heterocycles. The van der Waals surface area contributed by atoms with Crippen molar-refractivity contribution in [3.63, 3.8) is 0 Å². The van der Waals surface area contributed by atoms with E-state index in [0.29, 0.717) is 13.1 Å². The first-order chi connectivity index (χ1) is 9.83. The summed E-state index contributed by atoms with van der Waals surface area (Å²) in [7, 11) is -6.75. The topological polar surface area (TPSA) is 102 Å². The zero-order valence-electron chi connectivity index (χ0n) is 14.2. The van der Waals surface area contributed by atoms with Crippen LogP contribution in [0.2, 0.25) is 0 Å². The highest BCUT2D eigenvalue weighted by Gasteiger charge is 2.16. The second-order valence-corrected chi connectivity index (χ2v) is 10.7. The average molecular weight is 359 g/mol. The summed E-state index contributed by atoms with van der Waals surface area (Å²) in [6.45, 7) is 10.3. The normalized spacial score (nSPS) is 13.7. The molecule has 9 heteroatoms. The first-order valence-electron chi connectivity index (χ1n) is 7.35. The smallest absolute Gasteiger partial charge is 0.213 e. The van der Waals surface area contributed by atoms with E-state index < -0.39 is 20.0 Å². The molecule has 0 aromatic carbocycles. The molecule has 0 rings (SSSR count). The predicted octanol–water partition coefficient (Wildman–Crippen LogP) is 0.544. The van der Waals surface area contributed by atoms with Gasteiger partial charge < -0.3 is 4.74 Å². The van der Waals surface area contributed by atoms with Crippen LogP contribution >= 0.6 is 0 Å². The van der Waals surface area contributed by atoms with E-state index in [4.69, 9.17) is 4.74 Å². The van der Waals surface area contributed by atoms with Crippen molar-refractivity contribution in [2.75, 3.05) is 37.8 Å². The van der Waals surface area contributed by atoms with Crippen LogP contribution in [0.3, 0.4) is 0 Å². The Morgan fingerprint density at radius 3 is 1.77 bits per heavy atom. The van der Waals surface area contributed by atoms with Gasteiger partial charge in [-0.3, -0.25) is 0 Å². The number of hydrogen-bond acceptors (Lipinski definition) is 5. The molecule has 0 fully saturated rings. The predicted molar refractivity (Wildman–Crippen MR) is 88.7 cm³/mol. The van der Waals surface area contributed by atoms with Crippen molar-refractivity contribution < 1.29 is 21.6 Å². The highest BCUT2D eigenvalue weighted by atomic mass is 32.2. The van der Waals surface area contributed by atoms with Gasteiger partial charge in [-0.05, 0) is 11.3 Å². The molecule has 0 aliphatic carbocycles. The number of hydrogen-bond donors (Lipinski definition) is 2. The highest BCUT2D eigenvalue weighted by molar-refractivity contribution is 7.89. The fourth-order valence-corrected chi connectivity index (χ4v) is 3.41.